The van der Waals surface area contributed by atoms with Crippen LogP contribution in [0.4, 0.5) is 0 Å². The van der Waals surface area contributed by atoms with E-state index in [1.165, 1.54) is 10.4 Å². The molecular weight excluding hydrogens is 302 g/mol. The summed E-state index contributed by atoms with van der Waals surface area (Å²) in [5, 5.41) is 10.5. The van der Waals surface area contributed by atoms with Crippen molar-refractivity contribution in [3.8, 4) is 0 Å². The number of carboxylic acid groups (broad SMARTS) is 1. The zero-order chi connectivity index (χ0) is 15.7. The second kappa shape index (κ2) is 5.85. The lowest BCUT2D eigenvalue weighted by Crippen LogP contribution is -2.43. The summed E-state index contributed by atoms with van der Waals surface area (Å²) >= 11 is 0. The first-order valence-electron chi connectivity index (χ1n) is 7.48. The van der Waals surface area contributed by atoms with Gasteiger partial charge in [-0.1, -0.05) is 36.8 Å². The molecule has 22 heavy (non-hydrogen) atoms. The average Bonchev–Trinajstić information content (AvgIpc) is 3.06. The topological polar surface area (TPSA) is 74.7 Å². The smallest absolute Gasteiger partial charge is 0.322 e. The van der Waals surface area contributed by atoms with Gasteiger partial charge in [-0.25, -0.2) is 8.42 Å². The number of hydrogen-bond acceptors (Lipinski definition) is 3. The van der Waals surface area contributed by atoms with Crippen LogP contribution >= 0.6 is 0 Å². The normalized spacial score (nSPS) is 29.0. The summed E-state index contributed by atoms with van der Waals surface area (Å²) < 4.78 is 26.5. The second-order valence-electron chi connectivity index (χ2n) is 5.94. The SMILES string of the molecule is O=C(O)[C@H]1C[C@H]2CCC[C@H]2N1S(=O)(=O)C=Cc1ccccc1. The first kappa shape index (κ1) is 15.2. The van der Waals surface area contributed by atoms with Crippen molar-refractivity contribution in [2.75, 3.05) is 0 Å². The Bertz CT molecular complexity index is 683. The highest BCUT2D eigenvalue weighted by Gasteiger charge is 2.51. The van der Waals surface area contributed by atoms with Crippen LogP contribution in [0.5, 0.6) is 0 Å². The monoisotopic (exact) mass is 321 g/mol. The molecule has 1 heterocycles. The number of carbonyl (C=O) groups is 1. The molecule has 2 aliphatic rings. The molecule has 1 aliphatic heterocycles. The minimum Gasteiger partial charge on any atom is -0.480 e. The molecule has 1 aliphatic carbocycles. The van der Waals surface area contributed by atoms with Crippen molar-refractivity contribution in [3.63, 3.8) is 0 Å². The Morgan fingerprint density at radius 3 is 2.64 bits per heavy atom. The highest BCUT2D eigenvalue weighted by atomic mass is 32.2. The van der Waals surface area contributed by atoms with E-state index in [9.17, 15) is 18.3 Å². The number of benzene rings is 1. The zero-order valence-corrected chi connectivity index (χ0v) is 12.9. The van der Waals surface area contributed by atoms with Crippen molar-refractivity contribution in [1.29, 1.82) is 0 Å². The van der Waals surface area contributed by atoms with E-state index in [1.54, 1.807) is 0 Å². The van der Waals surface area contributed by atoms with E-state index in [0.29, 0.717) is 6.42 Å². The molecule has 0 unspecified atom stereocenters. The average molecular weight is 321 g/mol. The van der Waals surface area contributed by atoms with E-state index in [0.717, 1.165) is 30.2 Å². The summed E-state index contributed by atoms with van der Waals surface area (Å²) in [5.74, 6) is -0.868. The molecule has 1 saturated heterocycles. The summed E-state index contributed by atoms with van der Waals surface area (Å²) in [6.07, 6.45) is 4.60. The van der Waals surface area contributed by atoms with Gasteiger partial charge in [0.2, 0.25) is 10.0 Å². The van der Waals surface area contributed by atoms with Gasteiger partial charge in [-0.05, 0) is 36.8 Å². The number of hydrogen-bond donors (Lipinski definition) is 1. The molecular formula is C16H19NO4S. The molecule has 0 aromatic heterocycles. The molecule has 3 atom stereocenters. The van der Waals surface area contributed by atoms with Crippen LogP contribution in [0.25, 0.3) is 6.08 Å². The molecule has 1 saturated carbocycles. The van der Waals surface area contributed by atoms with E-state index in [2.05, 4.69) is 0 Å². The Balaban J connectivity index is 1.89. The maximum Gasteiger partial charge on any atom is 0.322 e. The predicted octanol–water partition coefficient (Wildman–Crippen LogP) is 2.31. The molecule has 1 aromatic rings. The van der Waals surface area contributed by atoms with Gasteiger partial charge in [0, 0.05) is 11.4 Å². The van der Waals surface area contributed by atoms with E-state index in [-0.39, 0.29) is 12.0 Å². The minimum absolute atomic E-state index is 0.161. The summed E-state index contributed by atoms with van der Waals surface area (Å²) in [6, 6.07) is 8.04. The zero-order valence-electron chi connectivity index (χ0n) is 12.1. The molecule has 3 rings (SSSR count). The summed E-state index contributed by atoms with van der Waals surface area (Å²) in [6.45, 7) is 0. The van der Waals surface area contributed by atoms with Crippen molar-refractivity contribution in [2.45, 2.75) is 37.8 Å². The van der Waals surface area contributed by atoms with Gasteiger partial charge in [-0.2, -0.15) is 4.31 Å². The number of aliphatic carboxylic acids is 1. The van der Waals surface area contributed by atoms with E-state index in [1.807, 2.05) is 30.3 Å². The molecule has 1 N–H and O–H groups in total. The third-order valence-electron chi connectivity index (χ3n) is 4.59. The van der Waals surface area contributed by atoms with Crippen molar-refractivity contribution in [3.05, 3.63) is 41.3 Å². The highest BCUT2D eigenvalue weighted by Crippen LogP contribution is 2.43. The maximum absolute atomic E-state index is 12.6. The fourth-order valence-corrected chi connectivity index (χ4v) is 5.28. The lowest BCUT2D eigenvalue weighted by Gasteiger charge is -2.25. The van der Waals surface area contributed by atoms with Gasteiger partial charge in [-0.3, -0.25) is 4.79 Å². The van der Waals surface area contributed by atoms with Gasteiger partial charge in [-0.15, -0.1) is 0 Å². The molecule has 0 bridgehead atoms. The van der Waals surface area contributed by atoms with Crippen molar-refractivity contribution < 1.29 is 18.3 Å². The summed E-state index contributed by atoms with van der Waals surface area (Å²) in [5.41, 5.74) is 0.778. The van der Waals surface area contributed by atoms with E-state index in [4.69, 9.17) is 0 Å². The van der Waals surface area contributed by atoms with E-state index >= 15 is 0 Å². The number of fused-ring (bicyclic) bond motifs is 1. The molecule has 2 fully saturated rings. The lowest BCUT2D eigenvalue weighted by atomic mass is 10.0. The first-order valence-corrected chi connectivity index (χ1v) is 8.99. The quantitative estimate of drug-likeness (QED) is 0.923. The number of sulfonamides is 1. The van der Waals surface area contributed by atoms with Crippen LogP contribution in [0.2, 0.25) is 0 Å². The van der Waals surface area contributed by atoms with Crippen LogP contribution in [0.3, 0.4) is 0 Å². The molecule has 1 aromatic carbocycles. The number of nitrogens with zero attached hydrogens (tertiary/aromatic N) is 1. The molecule has 5 nitrogen and oxygen atoms in total. The fourth-order valence-electron chi connectivity index (χ4n) is 3.62. The first-order chi connectivity index (χ1) is 10.5. The summed E-state index contributed by atoms with van der Waals surface area (Å²) in [7, 11) is -3.73. The molecule has 6 heteroatoms. The van der Waals surface area contributed by atoms with Crippen molar-refractivity contribution in [2.24, 2.45) is 5.92 Å². The van der Waals surface area contributed by atoms with Crippen molar-refractivity contribution in [1.82, 2.24) is 4.31 Å². The Labute approximate surface area is 130 Å². The Morgan fingerprint density at radius 2 is 1.95 bits per heavy atom. The van der Waals surface area contributed by atoms with Gasteiger partial charge < -0.3 is 5.11 Å². The second-order valence-corrected chi connectivity index (χ2v) is 7.66. The van der Waals surface area contributed by atoms with Gasteiger partial charge in [0.25, 0.3) is 0 Å². The number of rotatable bonds is 4. The van der Waals surface area contributed by atoms with Gasteiger partial charge in [0.05, 0.1) is 0 Å². The molecule has 0 spiro atoms. The van der Waals surface area contributed by atoms with Crippen LogP contribution in [-0.2, 0) is 14.8 Å². The minimum atomic E-state index is -3.73. The third-order valence-corrected chi connectivity index (χ3v) is 6.18. The van der Waals surface area contributed by atoms with Crippen molar-refractivity contribution >= 4 is 22.1 Å². The van der Waals surface area contributed by atoms with Crippen LogP contribution in [0, 0.1) is 5.92 Å². The predicted molar refractivity (Wildman–Crippen MR) is 83.4 cm³/mol. The van der Waals surface area contributed by atoms with Crippen LogP contribution < -0.4 is 0 Å². The maximum atomic E-state index is 12.6. The largest absolute Gasteiger partial charge is 0.480 e. The van der Waals surface area contributed by atoms with Gasteiger partial charge in [0.15, 0.2) is 0 Å². The van der Waals surface area contributed by atoms with Gasteiger partial charge in [0.1, 0.15) is 6.04 Å². The highest BCUT2D eigenvalue weighted by molar-refractivity contribution is 7.92. The Hall–Kier alpha value is -1.66. The van der Waals surface area contributed by atoms with Crippen LogP contribution in [-0.4, -0.2) is 35.9 Å². The fraction of sp³-hybridized carbons (Fsp3) is 0.438. The Kier molecular flexibility index (Phi) is 4.06. The molecule has 0 radical (unpaired) electrons. The van der Waals surface area contributed by atoms with Crippen LogP contribution in [0.1, 0.15) is 31.2 Å². The van der Waals surface area contributed by atoms with Gasteiger partial charge >= 0.3 is 5.97 Å². The number of carboxylic acids is 1. The van der Waals surface area contributed by atoms with E-state index < -0.39 is 22.0 Å². The summed E-state index contributed by atoms with van der Waals surface area (Å²) in [4.78, 5) is 11.4. The molecule has 118 valence electrons. The Morgan fingerprint density at radius 1 is 1.23 bits per heavy atom. The third kappa shape index (κ3) is 2.80. The standard InChI is InChI=1S/C16H19NO4S/c18-16(19)15-11-13-7-4-8-14(13)17(15)22(20,21)10-9-12-5-2-1-3-6-12/h1-3,5-6,9-10,13-15H,4,7-8,11H2,(H,18,19)/t13-,14-,15-/m1/s1. The van der Waals surface area contributed by atoms with Crippen LogP contribution in [0.15, 0.2) is 35.7 Å². The molecule has 0 amide bonds. The lowest BCUT2D eigenvalue weighted by molar-refractivity contribution is -0.141.